The maximum atomic E-state index is 12.4. The highest BCUT2D eigenvalue weighted by Crippen LogP contribution is 2.39. The van der Waals surface area contributed by atoms with Crippen LogP contribution in [-0.4, -0.2) is 63.4 Å². The fourth-order valence-corrected chi connectivity index (χ4v) is 4.34. The van der Waals surface area contributed by atoms with Crippen LogP contribution >= 0.6 is 11.3 Å². The SMILES string of the molecule is CC(C)(C)OC(=O)NCc1nnc([C@@H]2CC[C@@H]3CN2C(=O)N3OS(=O)(=O)O)s1. The smallest absolute Gasteiger partial charge is 0.418 e. The Morgan fingerprint density at radius 1 is 1.36 bits per heavy atom. The first kappa shape index (κ1) is 20.7. The van der Waals surface area contributed by atoms with Crippen molar-refractivity contribution in [2.24, 2.45) is 0 Å². The fraction of sp³-hybridized carbons (Fsp3) is 0.714. The largest absolute Gasteiger partial charge is 0.444 e. The number of ether oxygens (including phenoxy) is 1. The lowest BCUT2D eigenvalue weighted by Gasteiger charge is -2.28. The third-order valence-corrected chi connectivity index (χ3v) is 5.42. The minimum Gasteiger partial charge on any atom is -0.444 e. The maximum Gasteiger partial charge on any atom is 0.418 e. The van der Waals surface area contributed by atoms with E-state index < -0.39 is 34.2 Å². The van der Waals surface area contributed by atoms with Crippen molar-refractivity contribution in [2.45, 2.75) is 57.8 Å². The number of hydrogen-bond donors (Lipinski definition) is 2. The molecule has 12 nitrogen and oxygen atoms in total. The summed E-state index contributed by atoms with van der Waals surface area (Å²) in [6.07, 6.45) is 0.445. The van der Waals surface area contributed by atoms with E-state index in [2.05, 4.69) is 19.8 Å². The molecule has 3 rings (SSSR count). The highest BCUT2D eigenvalue weighted by molar-refractivity contribution is 7.80. The first-order valence-electron chi connectivity index (χ1n) is 8.49. The molecule has 3 amide bonds. The zero-order valence-electron chi connectivity index (χ0n) is 15.5. The fourth-order valence-electron chi connectivity index (χ4n) is 3.02. The van der Waals surface area contributed by atoms with Crippen LogP contribution in [0.1, 0.15) is 49.7 Å². The lowest BCUT2D eigenvalue weighted by atomic mass is 10.0. The molecule has 0 saturated carbocycles. The zero-order valence-corrected chi connectivity index (χ0v) is 17.1. The number of hydrogen-bond acceptors (Lipinski definition) is 9. The standard InChI is InChI=1S/C14H21N5O7S2/c1-14(2,3)25-12(20)15-6-10-16-17-11(27-10)9-5-4-8-7-18(9)13(21)19(8)26-28(22,23)24/h8-9H,4-7H2,1-3H3,(H,15,20)(H,22,23,24)/t8-,9+/m1/s1. The normalized spacial score (nSPS) is 22.5. The molecule has 0 aliphatic carbocycles. The summed E-state index contributed by atoms with van der Waals surface area (Å²) >= 11 is 1.24. The molecule has 2 aliphatic rings. The maximum absolute atomic E-state index is 12.4. The molecule has 0 aromatic carbocycles. The van der Waals surface area contributed by atoms with Crippen LogP contribution in [0, 0.1) is 0 Å². The van der Waals surface area contributed by atoms with Crippen LogP contribution in [0.2, 0.25) is 0 Å². The van der Waals surface area contributed by atoms with Crippen LogP contribution in [-0.2, 0) is 26.0 Å². The molecule has 156 valence electrons. The average Bonchev–Trinajstić information content (AvgIpc) is 3.11. The Kier molecular flexibility index (Phi) is 5.49. The number of carbonyl (C=O) groups excluding carboxylic acids is 2. The highest BCUT2D eigenvalue weighted by atomic mass is 32.3. The second kappa shape index (κ2) is 7.42. The predicted octanol–water partition coefficient (Wildman–Crippen LogP) is 1.24. The van der Waals surface area contributed by atoms with Gasteiger partial charge in [0.2, 0.25) is 0 Å². The van der Waals surface area contributed by atoms with Gasteiger partial charge in [-0.2, -0.15) is 13.5 Å². The molecule has 14 heteroatoms. The van der Waals surface area contributed by atoms with Crippen molar-refractivity contribution in [1.29, 1.82) is 0 Å². The van der Waals surface area contributed by atoms with Crippen LogP contribution in [0.15, 0.2) is 0 Å². The van der Waals surface area contributed by atoms with Gasteiger partial charge in [-0.05, 0) is 33.6 Å². The van der Waals surface area contributed by atoms with E-state index in [1.165, 1.54) is 16.2 Å². The molecule has 3 heterocycles. The Morgan fingerprint density at radius 3 is 2.71 bits per heavy atom. The quantitative estimate of drug-likeness (QED) is 0.651. The zero-order chi connectivity index (χ0) is 20.7. The van der Waals surface area contributed by atoms with Gasteiger partial charge < -0.3 is 15.0 Å². The average molecular weight is 435 g/mol. The number of hydroxylamine groups is 2. The third kappa shape index (κ3) is 4.87. The molecule has 0 spiro atoms. The molecule has 0 unspecified atom stereocenters. The van der Waals surface area contributed by atoms with Gasteiger partial charge in [-0.25, -0.2) is 9.59 Å². The first-order valence-corrected chi connectivity index (χ1v) is 10.7. The van der Waals surface area contributed by atoms with Crippen LogP contribution in [0.3, 0.4) is 0 Å². The van der Waals surface area contributed by atoms with E-state index in [9.17, 15) is 18.0 Å². The number of amides is 3. The molecule has 2 aliphatic heterocycles. The van der Waals surface area contributed by atoms with E-state index in [-0.39, 0.29) is 19.1 Å². The lowest BCUT2D eigenvalue weighted by molar-refractivity contribution is -0.0317. The number of nitrogens with zero attached hydrogens (tertiary/aromatic N) is 4. The number of rotatable bonds is 5. The molecule has 2 bridgehead atoms. The molecule has 0 radical (unpaired) electrons. The molecule has 1 aromatic rings. The Bertz CT molecular complexity index is 866. The van der Waals surface area contributed by atoms with Gasteiger partial charge in [-0.15, -0.1) is 14.5 Å². The van der Waals surface area contributed by atoms with Gasteiger partial charge in [0.1, 0.15) is 15.6 Å². The van der Waals surface area contributed by atoms with E-state index in [0.29, 0.717) is 27.9 Å². The summed E-state index contributed by atoms with van der Waals surface area (Å²) in [5, 5.41) is 12.5. The van der Waals surface area contributed by atoms with Crippen molar-refractivity contribution in [3.63, 3.8) is 0 Å². The lowest BCUT2D eigenvalue weighted by Crippen LogP contribution is -2.35. The van der Waals surface area contributed by atoms with E-state index in [1.54, 1.807) is 20.8 Å². The molecular formula is C14H21N5O7S2. The van der Waals surface area contributed by atoms with E-state index in [4.69, 9.17) is 9.29 Å². The second-order valence-electron chi connectivity index (χ2n) is 7.40. The Hall–Kier alpha value is -2.03. The minimum absolute atomic E-state index is 0.133. The summed E-state index contributed by atoms with van der Waals surface area (Å²) in [6.45, 7) is 5.66. The van der Waals surface area contributed by atoms with E-state index in [0.717, 1.165) is 0 Å². The Morgan fingerprint density at radius 2 is 2.07 bits per heavy atom. The van der Waals surface area contributed by atoms with Crippen molar-refractivity contribution < 1.29 is 31.6 Å². The summed E-state index contributed by atoms with van der Waals surface area (Å²) in [5.74, 6) is 0. The van der Waals surface area contributed by atoms with Crippen LogP contribution < -0.4 is 5.32 Å². The molecule has 2 atom stereocenters. The Labute approximate surface area is 165 Å². The molecule has 28 heavy (non-hydrogen) atoms. The molecule has 2 fully saturated rings. The number of nitrogens with one attached hydrogen (secondary N) is 1. The molecule has 1 aromatic heterocycles. The van der Waals surface area contributed by atoms with Gasteiger partial charge in [0, 0.05) is 6.54 Å². The van der Waals surface area contributed by atoms with Crippen molar-refractivity contribution in [2.75, 3.05) is 6.54 Å². The number of aromatic nitrogens is 2. The van der Waals surface area contributed by atoms with Crippen molar-refractivity contribution >= 4 is 33.9 Å². The summed E-state index contributed by atoms with van der Waals surface area (Å²) in [7, 11) is -4.78. The molecule has 2 N–H and O–H groups in total. The van der Waals surface area contributed by atoms with Gasteiger partial charge in [0.15, 0.2) is 0 Å². The van der Waals surface area contributed by atoms with Gasteiger partial charge in [0.05, 0.1) is 18.6 Å². The van der Waals surface area contributed by atoms with Gasteiger partial charge in [-0.1, -0.05) is 11.3 Å². The predicted molar refractivity (Wildman–Crippen MR) is 95.3 cm³/mol. The van der Waals surface area contributed by atoms with Crippen LogP contribution in [0.5, 0.6) is 0 Å². The van der Waals surface area contributed by atoms with Gasteiger partial charge >= 0.3 is 22.5 Å². The third-order valence-electron chi connectivity index (χ3n) is 4.05. The topological polar surface area (TPSA) is 151 Å². The van der Waals surface area contributed by atoms with Crippen molar-refractivity contribution in [1.82, 2.24) is 25.5 Å². The first-order chi connectivity index (χ1) is 12.9. The van der Waals surface area contributed by atoms with Crippen molar-refractivity contribution in [3.8, 4) is 0 Å². The molecule has 2 saturated heterocycles. The summed E-state index contributed by atoms with van der Waals surface area (Å²) in [6, 6.07) is -1.51. The van der Waals surface area contributed by atoms with Gasteiger partial charge in [-0.3, -0.25) is 4.55 Å². The summed E-state index contributed by atoms with van der Waals surface area (Å²) in [4.78, 5) is 25.6. The summed E-state index contributed by atoms with van der Waals surface area (Å²) < 4.78 is 40.3. The van der Waals surface area contributed by atoms with E-state index >= 15 is 0 Å². The summed E-state index contributed by atoms with van der Waals surface area (Å²) in [5.41, 5.74) is -0.610. The highest BCUT2D eigenvalue weighted by Gasteiger charge is 2.48. The van der Waals surface area contributed by atoms with Gasteiger partial charge in [0.25, 0.3) is 0 Å². The number of fused-ring (bicyclic) bond motifs is 2. The number of urea groups is 1. The monoisotopic (exact) mass is 435 g/mol. The van der Waals surface area contributed by atoms with Crippen molar-refractivity contribution in [3.05, 3.63) is 10.0 Å². The number of piperidine rings is 1. The second-order valence-corrected chi connectivity index (χ2v) is 9.50. The Balaban J connectivity index is 1.63. The minimum atomic E-state index is -4.78. The van der Waals surface area contributed by atoms with Crippen LogP contribution in [0.25, 0.3) is 0 Å². The van der Waals surface area contributed by atoms with E-state index in [1.807, 2.05) is 0 Å². The number of carbonyl (C=O) groups is 2. The molecular weight excluding hydrogens is 414 g/mol. The van der Waals surface area contributed by atoms with Crippen LogP contribution in [0.4, 0.5) is 9.59 Å². The number of alkyl carbamates (subject to hydrolysis) is 1.